The molecular weight excluding hydrogens is 342 g/mol. The van der Waals surface area contributed by atoms with Crippen LogP contribution in [0.25, 0.3) is 11.0 Å². The molecule has 2 aromatic carbocycles. The van der Waals surface area contributed by atoms with E-state index < -0.39 is 9.84 Å². The summed E-state index contributed by atoms with van der Waals surface area (Å²) >= 11 is 0. The van der Waals surface area contributed by atoms with Crippen LogP contribution in [0.4, 0.5) is 0 Å². The molecule has 0 aliphatic rings. The van der Waals surface area contributed by atoms with Gasteiger partial charge in [0.2, 0.25) is 5.91 Å². The fourth-order valence-corrected chi connectivity index (χ4v) is 3.12. The Morgan fingerprint density at radius 3 is 2.32 bits per heavy atom. The van der Waals surface area contributed by atoms with Gasteiger partial charge in [-0.2, -0.15) is 0 Å². The molecule has 0 saturated carbocycles. The third-order valence-corrected chi connectivity index (χ3v) is 4.91. The molecule has 130 valence electrons. The van der Waals surface area contributed by atoms with Crippen LogP contribution in [0.1, 0.15) is 11.1 Å². The number of fused-ring (bicyclic) bond motifs is 1. The minimum atomic E-state index is -3.24. The Bertz CT molecular complexity index is 1080. The predicted molar refractivity (Wildman–Crippen MR) is 94.0 cm³/mol. The van der Waals surface area contributed by atoms with Gasteiger partial charge in [-0.25, -0.2) is 13.2 Å². The summed E-state index contributed by atoms with van der Waals surface area (Å²) in [5, 5.41) is 2.80. The SMILES string of the molecule is CS(=O)(=O)c1ccc(CC(=O)NCc2ccc3[nH]c(=O)[nH]c3c2)cc1. The van der Waals surface area contributed by atoms with Gasteiger partial charge in [-0.1, -0.05) is 18.2 Å². The van der Waals surface area contributed by atoms with Gasteiger partial charge in [-0.3, -0.25) is 4.79 Å². The Hall–Kier alpha value is -2.87. The first-order valence-corrected chi connectivity index (χ1v) is 9.47. The molecule has 0 atom stereocenters. The molecule has 3 rings (SSSR count). The minimum absolute atomic E-state index is 0.160. The van der Waals surface area contributed by atoms with Gasteiger partial charge in [-0.15, -0.1) is 0 Å². The van der Waals surface area contributed by atoms with Gasteiger partial charge in [0, 0.05) is 12.8 Å². The fraction of sp³-hybridized carbons (Fsp3) is 0.176. The Morgan fingerprint density at radius 1 is 1.00 bits per heavy atom. The number of imidazole rings is 1. The highest BCUT2D eigenvalue weighted by atomic mass is 32.2. The van der Waals surface area contributed by atoms with Crippen LogP contribution in [-0.4, -0.2) is 30.5 Å². The molecule has 3 aromatic rings. The average molecular weight is 359 g/mol. The van der Waals surface area contributed by atoms with Crippen molar-refractivity contribution in [1.82, 2.24) is 15.3 Å². The zero-order valence-electron chi connectivity index (χ0n) is 13.5. The Kier molecular flexibility index (Phi) is 4.45. The zero-order valence-corrected chi connectivity index (χ0v) is 14.3. The van der Waals surface area contributed by atoms with Crippen molar-refractivity contribution in [2.45, 2.75) is 17.9 Å². The molecule has 7 nitrogen and oxygen atoms in total. The number of hydrogen-bond donors (Lipinski definition) is 3. The molecule has 0 unspecified atom stereocenters. The summed E-state index contributed by atoms with van der Waals surface area (Å²) in [6, 6.07) is 11.7. The lowest BCUT2D eigenvalue weighted by Gasteiger charge is -2.06. The van der Waals surface area contributed by atoms with Crippen molar-refractivity contribution in [2.75, 3.05) is 6.26 Å². The lowest BCUT2D eigenvalue weighted by Crippen LogP contribution is -2.24. The number of aromatic nitrogens is 2. The standard InChI is InChI=1S/C17H17N3O4S/c1-25(23,24)13-5-2-11(3-6-13)9-16(21)18-10-12-4-7-14-15(8-12)20-17(22)19-14/h2-8H,9-10H2,1H3,(H,18,21)(H2,19,20,22). The van der Waals surface area contributed by atoms with Crippen molar-refractivity contribution in [1.29, 1.82) is 0 Å². The molecule has 8 heteroatoms. The summed E-state index contributed by atoms with van der Waals surface area (Å²) in [6.45, 7) is 0.337. The molecule has 0 fully saturated rings. The normalized spacial score (nSPS) is 11.6. The van der Waals surface area contributed by atoms with E-state index in [1.807, 2.05) is 6.07 Å². The first-order valence-electron chi connectivity index (χ1n) is 7.58. The van der Waals surface area contributed by atoms with Crippen molar-refractivity contribution in [3.05, 3.63) is 64.1 Å². The fourth-order valence-electron chi connectivity index (χ4n) is 2.49. The molecule has 0 spiro atoms. The van der Waals surface area contributed by atoms with Gasteiger partial charge in [0.05, 0.1) is 22.3 Å². The molecule has 1 aromatic heterocycles. The number of aromatic amines is 2. The number of sulfone groups is 1. The van der Waals surface area contributed by atoms with E-state index in [0.717, 1.165) is 17.4 Å². The summed E-state index contributed by atoms with van der Waals surface area (Å²) < 4.78 is 22.8. The van der Waals surface area contributed by atoms with E-state index in [0.29, 0.717) is 17.6 Å². The van der Waals surface area contributed by atoms with Crippen LogP contribution < -0.4 is 11.0 Å². The van der Waals surface area contributed by atoms with E-state index in [9.17, 15) is 18.0 Å². The van der Waals surface area contributed by atoms with Gasteiger partial charge in [-0.05, 0) is 35.4 Å². The molecule has 0 aliphatic heterocycles. The summed E-state index contributed by atoms with van der Waals surface area (Å²) in [6.07, 6.45) is 1.30. The molecule has 25 heavy (non-hydrogen) atoms. The Labute approximate surface area is 144 Å². The third kappa shape index (κ3) is 4.16. The highest BCUT2D eigenvalue weighted by Crippen LogP contribution is 2.12. The maximum absolute atomic E-state index is 12.0. The second-order valence-electron chi connectivity index (χ2n) is 5.83. The molecule has 0 aliphatic carbocycles. The van der Waals surface area contributed by atoms with Crippen LogP contribution in [0.15, 0.2) is 52.2 Å². The maximum atomic E-state index is 12.0. The second kappa shape index (κ2) is 6.56. The van der Waals surface area contributed by atoms with E-state index in [4.69, 9.17) is 0 Å². The van der Waals surface area contributed by atoms with E-state index in [1.54, 1.807) is 24.3 Å². The lowest BCUT2D eigenvalue weighted by molar-refractivity contribution is -0.120. The first kappa shape index (κ1) is 17.0. The quantitative estimate of drug-likeness (QED) is 0.634. The molecule has 0 saturated heterocycles. The van der Waals surface area contributed by atoms with E-state index >= 15 is 0 Å². The van der Waals surface area contributed by atoms with Crippen LogP contribution in [0.5, 0.6) is 0 Å². The highest BCUT2D eigenvalue weighted by molar-refractivity contribution is 7.90. The van der Waals surface area contributed by atoms with Gasteiger partial charge in [0.25, 0.3) is 0 Å². The number of carbonyl (C=O) groups is 1. The number of benzene rings is 2. The summed E-state index contributed by atoms with van der Waals surface area (Å²) in [4.78, 5) is 28.8. The predicted octanol–water partition coefficient (Wildman–Crippen LogP) is 1.12. The number of H-pyrrole nitrogens is 2. The van der Waals surface area contributed by atoms with Gasteiger partial charge in [0.15, 0.2) is 9.84 Å². The number of nitrogens with one attached hydrogen (secondary N) is 3. The lowest BCUT2D eigenvalue weighted by atomic mass is 10.1. The van der Waals surface area contributed by atoms with Gasteiger partial charge < -0.3 is 15.3 Å². The number of carbonyl (C=O) groups excluding carboxylic acids is 1. The largest absolute Gasteiger partial charge is 0.352 e. The number of rotatable bonds is 5. The molecule has 1 amide bonds. The van der Waals surface area contributed by atoms with Crippen LogP contribution in [-0.2, 0) is 27.6 Å². The second-order valence-corrected chi connectivity index (χ2v) is 7.84. The summed E-state index contributed by atoms with van der Waals surface area (Å²) in [7, 11) is -3.24. The number of hydrogen-bond acceptors (Lipinski definition) is 4. The Balaban J connectivity index is 1.61. The smallest absolute Gasteiger partial charge is 0.323 e. The minimum Gasteiger partial charge on any atom is -0.352 e. The van der Waals surface area contributed by atoms with Crippen molar-refractivity contribution in [3.8, 4) is 0 Å². The van der Waals surface area contributed by atoms with Crippen molar-refractivity contribution in [3.63, 3.8) is 0 Å². The van der Waals surface area contributed by atoms with Gasteiger partial charge >= 0.3 is 5.69 Å². The molecule has 1 heterocycles. The first-order chi connectivity index (χ1) is 11.8. The molecule has 0 radical (unpaired) electrons. The van der Waals surface area contributed by atoms with Gasteiger partial charge in [0.1, 0.15) is 0 Å². The van der Waals surface area contributed by atoms with Crippen LogP contribution >= 0.6 is 0 Å². The van der Waals surface area contributed by atoms with Crippen LogP contribution in [0.3, 0.4) is 0 Å². The topological polar surface area (TPSA) is 112 Å². The summed E-state index contributed by atoms with van der Waals surface area (Å²) in [5.41, 5.74) is 2.73. The monoisotopic (exact) mass is 359 g/mol. The molecule has 3 N–H and O–H groups in total. The Morgan fingerprint density at radius 2 is 1.64 bits per heavy atom. The van der Waals surface area contributed by atoms with Crippen LogP contribution in [0.2, 0.25) is 0 Å². The molecular formula is C17H17N3O4S. The van der Waals surface area contributed by atoms with Crippen molar-refractivity contribution in [2.24, 2.45) is 0 Å². The van der Waals surface area contributed by atoms with Crippen molar-refractivity contribution < 1.29 is 13.2 Å². The van der Waals surface area contributed by atoms with E-state index in [-0.39, 0.29) is 22.9 Å². The van der Waals surface area contributed by atoms with E-state index in [1.165, 1.54) is 12.1 Å². The zero-order chi connectivity index (χ0) is 18.0. The molecule has 0 bridgehead atoms. The highest BCUT2D eigenvalue weighted by Gasteiger charge is 2.08. The van der Waals surface area contributed by atoms with Crippen molar-refractivity contribution >= 4 is 26.8 Å². The average Bonchev–Trinajstić information content (AvgIpc) is 2.92. The maximum Gasteiger partial charge on any atom is 0.323 e. The van der Waals surface area contributed by atoms with E-state index in [2.05, 4.69) is 15.3 Å². The number of amides is 1. The third-order valence-electron chi connectivity index (χ3n) is 3.79. The summed E-state index contributed by atoms with van der Waals surface area (Å²) in [5.74, 6) is -0.172. The van der Waals surface area contributed by atoms with Crippen LogP contribution in [0, 0.1) is 0 Å².